The molecular formula is C34H33N3O6. The van der Waals surface area contributed by atoms with Gasteiger partial charge in [0.25, 0.3) is 0 Å². The maximum Gasteiger partial charge on any atom is 0.245 e. The van der Waals surface area contributed by atoms with Crippen LogP contribution in [-0.4, -0.2) is 49.5 Å². The third-order valence-corrected chi connectivity index (χ3v) is 9.09. The zero-order valence-corrected chi connectivity index (χ0v) is 24.1. The molecular weight excluding hydrogens is 546 g/mol. The molecule has 2 fully saturated rings. The van der Waals surface area contributed by atoms with Crippen LogP contribution in [0.2, 0.25) is 0 Å². The van der Waals surface area contributed by atoms with Gasteiger partial charge in [-0.3, -0.25) is 14.4 Å². The number of carbonyl (C=O) groups excluding carboxylic acids is 3. The van der Waals surface area contributed by atoms with Gasteiger partial charge >= 0.3 is 0 Å². The number of hydrogen-bond donors (Lipinski definition) is 1. The van der Waals surface area contributed by atoms with Gasteiger partial charge in [-0.1, -0.05) is 55.5 Å². The first kappa shape index (κ1) is 27.5. The van der Waals surface area contributed by atoms with Crippen molar-refractivity contribution in [3.63, 3.8) is 0 Å². The molecule has 0 aromatic heterocycles. The van der Waals surface area contributed by atoms with Crippen molar-refractivity contribution in [1.29, 1.82) is 0 Å². The Morgan fingerprint density at radius 2 is 1.60 bits per heavy atom. The van der Waals surface area contributed by atoms with Gasteiger partial charge in [0.05, 0.1) is 49.2 Å². The Balaban J connectivity index is 1.31. The predicted octanol–water partition coefficient (Wildman–Crippen LogP) is 4.28. The number of nitrogens with zero attached hydrogens (tertiary/aromatic N) is 2. The van der Waals surface area contributed by atoms with Crippen LogP contribution >= 0.6 is 0 Å². The summed E-state index contributed by atoms with van der Waals surface area (Å²) < 4.78 is 16.9. The van der Waals surface area contributed by atoms with E-state index in [9.17, 15) is 14.4 Å². The standard InChI is InChI=1S/C34H33N3O6/c1-3-16-41-22-14-12-21(13-15-22)37-31(39)29-28-23-8-4-6-10-25(23)34(30(29)32(37)40,26-11-7-5-9-24(26)28)20-35-36-27(38)19-33(2)42-17-18-43-33/h4-15,20,28-30H,3,16-19H2,1-2H3,(H,36,38)/b35-20-/t28?,29-,30+,34?/m1/s1. The second kappa shape index (κ2) is 10.4. The van der Waals surface area contributed by atoms with E-state index < -0.39 is 23.0 Å². The van der Waals surface area contributed by atoms with Gasteiger partial charge in [0.15, 0.2) is 5.79 Å². The van der Waals surface area contributed by atoms with E-state index in [0.717, 1.165) is 28.7 Å². The molecule has 2 atom stereocenters. The Labute approximate surface area is 249 Å². The molecule has 2 saturated heterocycles. The molecule has 2 bridgehead atoms. The lowest BCUT2D eigenvalue weighted by molar-refractivity contribution is -0.159. The minimum Gasteiger partial charge on any atom is -0.494 e. The number of imide groups is 1. The Kier molecular flexibility index (Phi) is 6.67. The van der Waals surface area contributed by atoms with E-state index in [0.29, 0.717) is 31.3 Å². The average molecular weight is 580 g/mol. The molecule has 5 aliphatic rings. The molecule has 2 aliphatic heterocycles. The predicted molar refractivity (Wildman–Crippen MR) is 159 cm³/mol. The summed E-state index contributed by atoms with van der Waals surface area (Å²) >= 11 is 0. The molecule has 9 heteroatoms. The monoisotopic (exact) mass is 579 g/mol. The van der Waals surface area contributed by atoms with Crippen LogP contribution < -0.4 is 15.1 Å². The summed E-state index contributed by atoms with van der Waals surface area (Å²) in [5, 5.41) is 4.46. The Morgan fingerprint density at radius 3 is 2.23 bits per heavy atom. The smallest absolute Gasteiger partial charge is 0.245 e. The van der Waals surface area contributed by atoms with Crippen LogP contribution in [-0.2, 0) is 29.3 Å². The first-order valence-corrected chi connectivity index (χ1v) is 14.8. The van der Waals surface area contributed by atoms with Crippen molar-refractivity contribution in [2.24, 2.45) is 16.9 Å². The molecule has 220 valence electrons. The second-order valence-electron chi connectivity index (χ2n) is 11.7. The number of ether oxygens (including phenoxy) is 3. The van der Waals surface area contributed by atoms with Crippen molar-refractivity contribution in [2.45, 2.75) is 43.8 Å². The van der Waals surface area contributed by atoms with Crippen molar-refractivity contribution in [3.05, 3.63) is 95.1 Å². The van der Waals surface area contributed by atoms with Crippen molar-refractivity contribution in [2.75, 3.05) is 24.7 Å². The number of nitrogens with one attached hydrogen (secondary N) is 1. The maximum absolute atomic E-state index is 14.5. The van der Waals surface area contributed by atoms with Gasteiger partial charge in [0.2, 0.25) is 17.7 Å². The quantitative estimate of drug-likeness (QED) is 0.243. The minimum atomic E-state index is -1.07. The summed E-state index contributed by atoms with van der Waals surface area (Å²) in [6.07, 6.45) is 2.51. The van der Waals surface area contributed by atoms with Crippen LogP contribution in [0.5, 0.6) is 5.75 Å². The van der Waals surface area contributed by atoms with Gasteiger partial charge in [-0.25, -0.2) is 10.3 Å². The number of hydrazone groups is 1. The molecule has 3 aliphatic carbocycles. The Hall–Kier alpha value is -4.34. The fourth-order valence-corrected chi connectivity index (χ4v) is 7.41. The Bertz CT molecular complexity index is 1580. The first-order chi connectivity index (χ1) is 20.9. The first-order valence-electron chi connectivity index (χ1n) is 14.8. The summed E-state index contributed by atoms with van der Waals surface area (Å²) in [6, 6.07) is 23.0. The average Bonchev–Trinajstić information content (AvgIpc) is 3.56. The molecule has 3 amide bonds. The number of rotatable bonds is 8. The fraction of sp³-hybridized carbons (Fsp3) is 0.353. The summed E-state index contributed by atoms with van der Waals surface area (Å²) in [6.45, 7) is 5.19. The summed E-state index contributed by atoms with van der Waals surface area (Å²) in [7, 11) is 0. The van der Waals surface area contributed by atoms with Gasteiger partial charge in [0, 0.05) is 12.1 Å². The van der Waals surface area contributed by atoms with E-state index in [1.165, 1.54) is 4.90 Å². The molecule has 1 N–H and O–H groups in total. The highest BCUT2D eigenvalue weighted by Gasteiger charge is 2.68. The van der Waals surface area contributed by atoms with Gasteiger partial charge in [-0.2, -0.15) is 5.10 Å². The molecule has 8 rings (SSSR count). The zero-order chi connectivity index (χ0) is 29.8. The minimum absolute atomic E-state index is 0.0260. The lowest BCUT2D eigenvalue weighted by Crippen LogP contribution is -2.54. The van der Waals surface area contributed by atoms with E-state index in [1.54, 1.807) is 37.4 Å². The molecule has 3 aromatic carbocycles. The van der Waals surface area contributed by atoms with Gasteiger partial charge in [-0.15, -0.1) is 0 Å². The Morgan fingerprint density at radius 1 is 0.977 bits per heavy atom. The number of anilines is 1. The normalized spacial score (nSPS) is 26.4. The largest absolute Gasteiger partial charge is 0.494 e. The van der Waals surface area contributed by atoms with Crippen LogP contribution in [0.15, 0.2) is 77.9 Å². The fourth-order valence-electron chi connectivity index (χ4n) is 7.41. The van der Waals surface area contributed by atoms with Gasteiger partial charge in [0.1, 0.15) is 5.75 Å². The van der Waals surface area contributed by atoms with E-state index >= 15 is 0 Å². The number of benzene rings is 3. The van der Waals surface area contributed by atoms with E-state index in [4.69, 9.17) is 14.2 Å². The van der Waals surface area contributed by atoms with Crippen LogP contribution in [0.1, 0.15) is 54.9 Å². The molecule has 3 aromatic rings. The zero-order valence-electron chi connectivity index (χ0n) is 24.1. The van der Waals surface area contributed by atoms with E-state index in [1.807, 2.05) is 55.5 Å². The molecule has 9 nitrogen and oxygen atoms in total. The lowest BCUT2D eigenvalue weighted by atomic mass is 9.47. The molecule has 43 heavy (non-hydrogen) atoms. The molecule has 0 saturated carbocycles. The highest BCUT2D eigenvalue weighted by Crippen LogP contribution is 2.63. The summed E-state index contributed by atoms with van der Waals surface area (Å²) in [5.41, 5.74) is 5.89. The van der Waals surface area contributed by atoms with E-state index in [-0.39, 0.29) is 30.1 Å². The van der Waals surface area contributed by atoms with Crippen LogP contribution in [0.3, 0.4) is 0 Å². The topological polar surface area (TPSA) is 107 Å². The van der Waals surface area contributed by atoms with Crippen molar-refractivity contribution < 1.29 is 28.6 Å². The van der Waals surface area contributed by atoms with E-state index in [2.05, 4.69) is 10.5 Å². The third kappa shape index (κ3) is 4.21. The lowest BCUT2D eigenvalue weighted by Gasteiger charge is -2.52. The number of amides is 3. The summed E-state index contributed by atoms with van der Waals surface area (Å²) in [5.74, 6) is -2.88. The molecule has 0 unspecified atom stereocenters. The summed E-state index contributed by atoms with van der Waals surface area (Å²) in [4.78, 5) is 43.0. The van der Waals surface area contributed by atoms with Crippen molar-refractivity contribution in [1.82, 2.24) is 5.43 Å². The SMILES string of the molecule is CCCOc1ccc(N2C(=O)[C@@H]3C4c5ccccc5C(/C=N\NC(=O)CC5(C)OCCO5)(c5ccccc54)[C@@H]3C2=O)cc1. The van der Waals surface area contributed by atoms with Gasteiger partial charge in [-0.05, 0) is 59.9 Å². The second-order valence-corrected chi connectivity index (χ2v) is 11.7. The van der Waals surface area contributed by atoms with Crippen LogP contribution in [0.25, 0.3) is 0 Å². The van der Waals surface area contributed by atoms with Crippen LogP contribution in [0.4, 0.5) is 5.69 Å². The maximum atomic E-state index is 14.5. The van der Waals surface area contributed by atoms with Gasteiger partial charge < -0.3 is 14.2 Å². The highest BCUT2D eigenvalue weighted by molar-refractivity contribution is 6.25. The van der Waals surface area contributed by atoms with Crippen LogP contribution in [0, 0.1) is 11.8 Å². The molecule has 2 heterocycles. The number of carbonyl (C=O) groups is 3. The van der Waals surface area contributed by atoms with Crippen molar-refractivity contribution >= 4 is 29.6 Å². The molecule has 0 spiro atoms. The third-order valence-electron chi connectivity index (χ3n) is 9.09. The van der Waals surface area contributed by atoms with Crippen molar-refractivity contribution in [3.8, 4) is 5.75 Å². The molecule has 0 radical (unpaired) electrons. The number of hydrogen-bond acceptors (Lipinski definition) is 7. The highest BCUT2D eigenvalue weighted by atomic mass is 16.7.